The van der Waals surface area contributed by atoms with E-state index in [0.717, 1.165) is 10.4 Å². The van der Waals surface area contributed by atoms with Crippen LogP contribution in [0.3, 0.4) is 0 Å². The lowest BCUT2D eigenvalue weighted by molar-refractivity contribution is -0.118. The van der Waals surface area contributed by atoms with Gasteiger partial charge in [-0.15, -0.1) is 11.3 Å². The number of hydrogen-bond acceptors (Lipinski definition) is 5. The summed E-state index contributed by atoms with van der Waals surface area (Å²) in [6.07, 6.45) is 0. The molecular formula is C16H15BrFNO4S. The number of halogens is 2. The normalized spacial score (nSPS) is 10.4. The third-order valence-corrected chi connectivity index (χ3v) is 4.90. The molecule has 0 radical (unpaired) electrons. The first kappa shape index (κ1) is 18.4. The second kappa shape index (κ2) is 7.76. The second-order valence-corrected chi connectivity index (χ2v) is 7.03. The average Bonchev–Trinajstić information content (AvgIpc) is 2.80. The Morgan fingerprint density at radius 3 is 2.67 bits per heavy atom. The number of anilines is 1. The highest BCUT2D eigenvalue weighted by molar-refractivity contribution is 9.10. The zero-order valence-corrected chi connectivity index (χ0v) is 15.6. The lowest BCUT2D eigenvalue weighted by atomic mass is 10.1. The summed E-state index contributed by atoms with van der Waals surface area (Å²) in [6, 6.07) is 4.28. The Balaban J connectivity index is 2.07. The molecule has 1 aromatic heterocycles. The van der Waals surface area contributed by atoms with Crippen molar-refractivity contribution in [1.29, 1.82) is 0 Å². The number of methoxy groups -OCH3 is 1. The van der Waals surface area contributed by atoms with E-state index in [2.05, 4.69) is 21.2 Å². The second-order valence-electron chi connectivity index (χ2n) is 4.89. The van der Waals surface area contributed by atoms with E-state index < -0.39 is 17.7 Å². The molecule has 0 aliphatic heterocycles. The summed E-state index contributed by atoms with van der Waals surface area (Å²) in [5.74, 6) is -1.62. The number of hydrogen-bond donors (Lipinski definition) is 1. The lowest BCUT2D eigenvalue weighted by Crippen LogP contribution is -2.21. The number of nitrogens with one attached hydrogen (secondary N) is 1. The van der Waals surface area contributed by atoms with E-state index in [1.54, 1.807) is 13.0 Å². The van der Waals surface area contributed by atoms with Gasteiger partial charge in [0.2, 0.25) is 0 Å². The molecule has 8 heteroatoms. The Labute approximate surface area is 150 Å². The van der Waals surface area contributed by atoms with Gasteiger partial charge in [-0.1, -0.05) is 15.9 Å². The van der Waals surface area contributed by atoms with Crippen LogP contribution in [-0.4, -0.2) is 25.6 Å². The zero-order valence-electron chi connectivity index (χ0n) is 13.2. The molecule has 2 rings (SSSR count). The Bertz CT molecular complexity index is 791. The van der Waals surface area contributed by atoms with Crippen LogP contribution in [0.1, 0.15) is 20.8 Å². The molecule has 0 bridgehead atoms. The van der Waals surface area contributed by atoms with Crippen LogP contribution in [0.2, 0.25) is 0 Å². The number of benzene rings is 1. The lowest BCUT2D eigenvalue weighted by Gasteiger charge is -2.08. The molecule has 24 heavy (non-hydrogen) atoms. The van der Waals surface area contributed by atoms with Gasteiger partial charge in [-0.3, -0.25) is 4.79 Å². The predicted molar refractivity (Wildman–Crippen MR) is 93.4 cm³/mol. The average molecular weight is 416 g/mol. The van der Waals surface area contributed by atoms with Gasteiger partial charge in [0, 0.05) is 9.35 Å². The number of carbonyl (C=O) groups is 2. The van der Waals surface area contributed by atoms with E-state index >= 15 is 0 Å². The molecule has 5 nitrogen and oxygen atoms in total. The fourth-order valence-corrected chi connectivity index (χ4v) is 3.36. The molecule has 0 fully saturated rings. The number of ether oxygens (including phenoxy) is 2. The van der Waals surface area contributed by atoms with E-state index in [4.69, 9.17) is 9.47 Å². The van der Waals surface area contributed by atoms with Crippen LogP contribution >= 0.6 is 27.3 Å². The summed E-state index contributed by atoms with van der Waals surface area (Å²) in [4.78, 5) is 24.8. The number of amides is 1. The quantitative estimate of drug-likeness (QED) is 0.747. The number of rotatable bonds is 5. The Morgan fingerprint density at radius 2 is 2.04 bits per heavy atom. The van der Waals surface area contributed by atoms with Crippen molar-refractivity contribution in [3.63, 3.8) is 0 Å². The standard InChI is InChI=1S/C16H15BrFNO4S/c1-8-9(2)24-15(14(8)16(21)22-3)19-13(20)7-23-12-5-4-10(17)6-11(12)18/h4-6H,7H2,1-3H3,(H,19,20). The van der Waals surface area contributed by atoms with E-state index in [1.165, 1.54) is 30.6 Å². The van der Waals surface area contributed by atoms with Gasteiger partial charge < -0.3 is 14.8 Å². The first-order chi connectivity index (χ1) is 11.3. The maximum absolute atomic E-state index is 13.7. The van der Waals surface area contributed by atoms with Gasteiger partial charge in [0.25, 0.3) is 5.91 Å². The summed E-state index contributed by atoms with van der Waals surface area (Å²) < 4.78 is 24.1. The molecule has 0 saturated heterocycles. The topological polar surface area (TPSA) is 64.6 Å². The molecular weight excluding hydrogens is 401 g/mol. The Kier molecular flexibility index (Phi) is 5.95. The van der Waals surface area contributed by atoms with Crippen molar-refractivity contribution < 1.29 is 23.5 Å². The van der Waals surface area contributed by atoms with Crippen LogP contribution in [0.4, 0.5) is 9.39 Å². The van der Waals surface area contributed by atoms with Crippen molar-refractivity contribution in [2.45, 2.75) is 13.8 Å². The van der Waals surface area contributed by atoms with E-state index in [1.807, 2.05) is 6.92 Å². The molecule has 0 spiro atoms. The van der Waals surface area contributed by atoms with Gasteiger partial charge in [-0.2, -0.15) is 0 Å². The van der Waals surface area contributed by atoms with Crippen LogP contribution in [0, 0.1) is 19.7 Å². The molecule has 0 aliphatic carbocycles. The van der Waals surface area contributed by atoms with E-state index in [0.29, 0.717) is 15.0 Å². The Morgan fingerprint density at radius 1 is 1.33 bits per heavy atom. The fraction of sp³-hybridized carbons (Fsp3) is 0.250. The predicted octanol–water partition coefficient (Wildman–Crippen LogP) is 4.07. The first-order valence-corrected chi connectivity index (χ1v) is 8.50. The number of aryl methyl sites for hydroxylation is 1. The maximum atomic E-state index is 13.7. The van der Waals surface area contributed by atoms with Gasteiger partial charge in [0.1, 0.15) is 5.00 Å². The van der Waals surface area contributed by atoms with Gasteiger partial charge in [-0.25, -0.2) is 9.18 Å². The molecule has 0 aliphatic rings. The summed E-state index contributed by atoms with van der Waals surface area (Å²) in [5, 5.41) is 3.00. The van der Waals surface area contributed by atoms with Crippen molar-refractivity contribution in [3.05, 3.63) is 44.5 Å². The summed E-state index contributed by atoms with van der Waals surface area (Å²) >= 11 is 4.41. The summed E-state index contributed by atoms with van der Waals surface area (Å²) in [5.41, 5.74) is 1.07. The molecule has 0 atom stereocenters. The van der Waals surface area contributed by atoms with Crippen LogP contribution in [0.5, 0.6) is 5.75 Å². The highest BCUT2D eigenvalue weighted by atomic mass is 79.9. The minimum atomic E-state index is -0.574. The van der Waals surface area contributed by atoms with Crippen molar-refractivity contribution in [3.8, 4) is 5.75 Å². The van der Waals surface area contributed by atoms with Gasteiger partial charge in [0.15, 0.2) is 18.2 Å². The largest absolute Gasteiger partial charge is 0.481 e. The zero-order chi connectivity index (χ0) is 17.9. The summed E-state index contributed by atoms with van der Waals surface area (Å²) in [7, 11) is 1.28. The highest BCUT2D eigenvalue weighted by Crippen LogP contribution is 2.33. The number of carbonyl (C=O) groups excluding carboxylic acids is 2. The third-order valence-electron chi connectivity index (χ3n) is 3.28. The van der Waals surface area contributed by atoms with Crippen molar-refractivity contribution >= 4 is 44.1 Å². The van der Waals surface area contributed by atoms with Crippen molar-refractivity contribution in [2.75, 3.05) is 19.0 Å². The third kappa shape index (κ3) is 4.12. The van der Waals surface area contributed by atoms with Gasteiger partial charge in [-0.05, 0) is 37.6 Å². The molecule has 0 unspecified atom stereocenters. The number of esters is 1. The minimum absolute atomic E-state index is 0.0277. The van der Waals surface area contributed by atoms with E-state index in [-0.39, 0.29) is 12.4 Å². The van der Waals surface area contributed by atoms with Gasteiger partial charge >= 0.3 is 5.97 Å². The van der Waals surface area contributed by atoms with Crippen molar-refractivity contribution in [2.24, 2.45) is 0 Å². The molecule has 128 valence electrons. The molecule has 1 amide bonds. The van der Waals surface area contributed by atoms with Crippen molar-refractivity contribution in [1.82, 2.24) is 0 Å². The SMILES string of the molecule is COC(=O)c1c(NC(=O)COc2ccc(Br)cc2F)sc(C)c1C. The fourth-order valence-electron chi connectivity index (χ4n) is 1.96. The minimum Gasteiger partial charge on any atom is -0.481 e. The molecule has 2 aromatic rings. The molecule has 0 saturated carbocycles. The van der Waals surface area contributed by atoms with Crippen LogP contribution < -0.4 is 10.1 Å². The molecule has 1 N–H and O–H groups in total. The smallest absolute Gasteiger partial charge is 0.341 e. The van der Waals surface area contributed by atoms with Crippen LogP contribution in [0.25, 0.3) is 0 Å². The van der Waals surface area contributed by atoms with Gasteiger partial charge in [0.05, 0.1) is 12.7 Å². The number of thiophene rings is 1. The van der Waals surface area contributed by atoms with E-state index in [9.17, 15) is 14.0 Å². The maximum Gasteiger partial charge on any atom is 0.341 e. The molecule has 1 heterocycles. The summed E-state index contributed by atoms with van der Waals surface area (Å²) in [6.45, 7) is 3.24. The molecule has 1 aromatic carbocycles. The highest BCUT2D eigenvalue weighted by Gasteiger charge is 2.21. The monoisotopic (exact) mass is 415 g/mol. The first-order valence-electron chi connectivity index (χ1n) is 6.89. The van der Waals surface area contributed by atoms with Crippen LogP contribution in [-0.2, 0) is 9.53 Å². The van der Waals surface area contributed by atoms with Crippen LogP contribution in [0.15, 0.2) is 22.7 Å². The Hall–Kier alpha value is -1.93.